The third-order valence-corrected chi connectivity index (χ3v) is 4.83. The summed E-state index contributed by atoms with van der Waals surface area (Å²) in [7, 11) is 1.61. The maximum atomic E-state index is 12.3. The first-order valence-electron chi connectivity index (χ1n) is 9.52. The lowest BCUT2D eigenvalue weighted by molar-refractivity contribution is -0.129. The minimum atomic E-state index is -0.288. The predicted molar refractivity (Wildman–Crippen MR) is 106 cm³/mol. The van der Waals surface area contributed by atoms with E-state index in [1.54, 1.807) is 12.0 Å². The summed E-state index contributed by atoms with van der Waals surface area (Å²) in [6, 6.07) is 17.3. The molecule has 1 aliphatic rings. The molecule has 1 N–H and O–H groups in total. The lowest BCUT2D eigenvalue weighted by atomic mass is 10.1. The highest BCUT2D eigenvalue weighted by molar-refractivity contribution is 5.89. The van der Waals surface area contributed by atoms with E-state index < -0.39 is 0 Å². The standard InChI is InChI=1S/C22H26N2O4/c1-27-19-7-9-20(10-8-19)28-14-12-23-22(26)18-15-21(25)24(16-18)13-11-17-5-3-2-4-6-17/h2-10,18H,11-16H2,1H3,(H,23,26). The molecule has 2 aromatic carbocycles. The van der Waals surface area contributed by atoms with E-state index in [2.05, 4.69) is 5.32 Å². The largest absolute Gasteiger partial charge is 0.497 e. The smallest absolute Gasteiger partial charge is 0.225 e. The number of rotatable bonds is 9. The quantitative estimate of drug-likeness (QED) is 0.676. The Bertz CT molecular complexity index is 777. The van der Waals surface area contributed by atoms with Gasteiger partial charge in [0.2, 0.25) is 11.8 Å². The molecule has 1 atom stereocenters. The average Bonchev–Trinajstić information content (AvgIpc) is 3.11. The van der Waals surface area contributed by atoms with Gasteiger partial charge in [0.15, 0.2) is 0 Å². The summed E-state index contributed by atoms with van der Waals surface area (Å²) in [6.07, 6.45) is 1.08. The molecule has 148 valence electrons. The number of nitrogens with zero attached hydrogens (tertiary/aromatic N) is 1. The number of ether oxygens (including phenoxy) is 2. The van der Waals surface area contributed by atoms with Crippen LogP contribution in [0, 0.1) is 5.92 Å². The zero-order chi connectivity index (χ0) is 19.8. The van der Waals surface area contributed by atoms with Gasteiger partial charge in [-0.3, -0.25) is 9.59 Å². The van der Waals surface area contributed by atoms with Crippen molar-refractivity contribution in [3.05, 3.63) is 60.2 Å². The van der Waals surface area contributed by atoms with Crippen molar-refractivity contribution in [2.45, 2.75) is 12.8 Å². The first-order chi connectivity index (χ1) is 13.7. The molecule has 1 aliphatic heterocycles. The average molecular weight is 382 g/mol. The Morgan fingerprint density at radius 1 is 1.11 bits per heavy atom. The number of nitrogens with one attached hydrogen (secondary N) is 1. The summed E-state index contributed by atoms with van der Waals surface area (Å²) in [5, 5.41) is 2.86. The molecule has 0 radical (unpaired) electrons. The molecule has 0 aromatic heterocycles. The van der Waals surface area contributed by atoms with E-state index in [1.807, 2.05) is 54.6 Å². The number of amides is 2. The number of hydrogen-bond acceptors (Lipinski definition) is 4. The van der Waals surface area contributed by atoms with Crippen LogP contribution < -0.4 is 14.8 Å². The van der Waals surface area contributed by atoms with Gasteiger partial charge in [-0.05, 0) is 36.2 Å². The second-order valence-corrected chi connectivity index (χ2v) is 6.79. The van der Waals surface area contributed by atoms with Gasteiger partial charge in [-0.25, -0.2) is 0 Å². The maximum absolute atomic E-state index is 12.3. The molecule has 0 bridgehead atoms. The lowest BCUT2D eigenvalue weighted by Crippen LogP contribution is -2.35. The molecule has 1 unspecified atom stereocenters. The SMILES string of the molecule is COc1ccc(OCCNC(=O)C2CC(=O)N(CCc3ccccc3)C2)cc1. The fourth-order valence-corrected chi connectivity index (χ4v) is 3.23. The molecule has 1 fully saturated rings. The Balaban J connectivity index is 1.36. The molecule has 1 heterocycles. The van der Waals surface area contributed by atoms with Crippen molar-refractivity contribution in [1.82, 2.24) is 10.2 Å². The summed E-state index contributed by atoms with van der Waals surface area (Å²) < 4.78 is 10.7. The molecule has 6 heteroatoms. The summed E-state index contributed by atoms with van der Waals surface area (Å²) in [5.74, 6) is 1.16. The van der Waals surface area contributed by atoms with Crippen LogP contribution in [0.1, 0.15) is 12.0 Å². The van der Waals surface area contributed by atoms with Crippen LogP contribution in [0.25, 0.3) is 0 Å². The van der Waals surface area contributed by atoms with Crippen LogP contribution in [0.4, 0.5) is 0 Å². The van der Waals surface area contributed by atoms with Gasteiger partial charge < -0.3 is 19.7 Å². The van der Waals surface area contributed by atoms with E-state index in [9.17, 15) is 9.59 Å². The van der Waals surface area contributed by atoms with E-state index in [4.69, 9.17) is 9.47 Å². The number of hydrogen-bond donors (Lipinski definition) is 1. The molecule has 0 saturated carbocycles. The number of benzene rings is 2. The van der Waals surface area contributed by atoms with Crippen LogP contribution in [0.2, 0.25) is 0 Å². The van der Waals surface area contributed by atoms with Crippen molar-refractivity contribution < 1.29 is 19.1 Å². The highest BCUT2D eigenvalue weighted by Crippen LogP contribution is 2.19. The predicted octanol–water partition coefficient (Wildman–Crippen LogP) is 2.28. The molecule has 28 heavy (non-hydrogen) atoms. The van der Waals surface area contributed by atoms with E-state index >= 15 is 0 Å². The third kappa shape index (κ3) is 5.49. The molecule has 2 amide bonds. The molecular formula is C22H26N2O4. The maximum Gasteiger partial charge on any atom is 0.225 e. The van der Waals surface area contributed by atoms with Gasteiger partial charge in [-0.1, -0.05) is 30.3 Å². The van der Waals surface area contributed by atoms with Gasteiger partial charge >= 0.3 is 0 Å². The Hall–Kier alpha value is -3.02. The summed E-state index contributed by atoms with van der Waals surface area (Å²) in [4.78, 5) is 26.3. The van der Waals surface area contributed by atoms with Crippen LogP contribution in [0.15, 0.2) is 54.6 Å². The Kier molecular flexibility index (Phi) is 6.89. The van der Waals surface area contributed by atoms with E-state index in [1.165, 1.54) is 5.56 Å². The van der Waals surface area contributed by atoms with Gasteiger partial charge in [0.1, 0.15) is 18.1 Å². The molecule has 3 rings (SSSR count). The van der Waals surface area contributed by atoms with Crippen LogP contribution in [0.5, 0.6) is 11.5 Å². The van der Waals surface area contributed by atoms with Crippen molar-refractivity contribution in [2.75, 3.05) is 33.4 Å². The van der Waals surface area contributed by atoms with E-state index in [0.717, 1.165) is 17.9 Å². The topological polar surface area (TPSA) is 67.9 Å². The number of methoxy groups -OCH3 is 1. The summed E-state index contributed by atoms with van der Waals surface area (Å²) >= 11 is 0. The molecular weight excluding hydrogens is 356 g/mol. The van der Waals surface area contributed by atoms with Gasteiger partial charge in [-0.2, -0.15) is 0 Å². The van der Waals surface area contributed by atoms with Crippen molar-refractivity contribution in [3.8, 4) is 11.5 Å². The van der Waals surface area contributed by atoms with Gasteiger partial charge in [0.05, 0.1) is 19.6 Å². The molecule has 1 saturated heterocycles. The Morgan fingerprint density at radius 3 is 2.54 bits per heavy atom. The minimum absolute atomic E-state index is 0.0468. The van der Waals surface area contributed by atoms with Crippen LogP contribution >= 0.6 is 0 Å². The van der Waals surface area contributed by atoms with Crippen LogP contribution in [0.3, 0.4) is 0 Å². The van der Waals surface area contributed by atoms with E-state index in [0.29, 0.717) is 26.2 Å². The number of carbonyl (C=O) groups excluding carboxylic acids is 2. The first-order valence-corrected chi connectivity index (χ1v) is 9.52. The fraction of sp³-hybridized carbons (Fsp3) is 0.364. The zero-order valence-electron chi connectivity index (χ0n) is 16.1. The minimum Gasteiger partial charge on any atom is -0.497 e. The van der Waals surface area contributed by atoms with Crippen molar-refractivity contribution in [2.24, 2.45) is 5.92 Å². The lowest BCUT2D eigenvalue weighted by Gasteiger charge is -2.16. The third-order valence-electron chi connectivity index (χ3n) is 4.83. The second-order valence-electron chi connectivity index (χ2n) is 6.79. The summed E-state index contributed by atoms with van der Waals surface area (Å²) in [6.45, 7) is 1.90. The van der Waals surface area contributed by atoms with Crippen LogP contribution in [-0.2, 0) is 16.0 Å². The monoisotopic (exact) mass is 382 g/mol. The Labute approximate surface area is 165 Å². The van der Waals surface area contributed by atoms with E-state index in [-0.39, 0.29) is 24.2 Å². The van der Waals surface area contributed by atoms with Gasteiger partial charge in [0, 0.05) is 19.5 Å². The van der Waals surface area contributed by atoms with Crippen molar-refractivity contribution in [1.29, 1.82) is 0 Å². The zero-order valence-corrected chi connectivity index (χ0v) is 16.1. The number of carbonyl (C=O) groups is 2. The van der Waals surface area contributed by atoms with Gasteiger partial charge in [-0.15, -0.1) is 0 Å². The van der Waals surface area contributed by atoms with Gasteiger partial charge in [0.25, 0.3) is 0 Å². The fourth-order valence-electron chi connectivity index (χ4n) is 3.23. The summed E-state index contributed by atoms with van der Waals surface area (Å²) in [5.41, 5.74) is 1.19. The Morgan fingerprint density at radius 2 is 1.82 bits per heavy atom. The van der Waals surface area contributed by atoms with Crippen LogP contribution in [-0.4, -0.2) is 50.1 Å². The first kappa shape index (κ1) is 19.7. The van der Waals surface area contributed by atoms with Crippen molar-refractivity contribution in [3.63, 3.8) is 0 Å². The molecule has 0 spiro atoms. The van der Waals surface area contributed by atoms with Crippen molar-refractivity contribution >= 4 is 11.8 Å². The normalized spacial score (nSPS) is 16.1. The number of likely N-dealkylation sites (tertiary alicyclic amines) is 1. The molecule has 0 aliphatic carbocycles. The highest BCUT2D eigenvalue weighted by Gasteiger charge is 2.33. The highest BCUT2D eigenvalue weighted by atomic mass is 16.5. The molecule has 6 nitrogen and oxygen atoms in total. The molecule has 2 aromatic rings. The second kappa shape index (κ2) is 9.78.